The van der Waals surface area contributed by atoms with Gasteiger partial charge in [0.05, 0.1) is 18.5 Å². The number of aromatic nitrogens is 3. The topological polar surface area (TPSA) is 101 Å². The van der Waals surface area contributed by atoms with Gasteiger partial charge in [-0.1, -0.05) is 6.08 Å². The molecule has 3 N–H and O–H groups in total. The average Bonchev–Trinajstić information content (AvgIpc) is 2.76. The van der Waals surface area contributed by atoms with Crippen LogP contribution in [0.5, 0.6) is 0 Å². The lowest BCUT2D eigenvalue weighted by Gasteiger charge is -2.29. The number of methoxy groups -OCH3 is 1. The number of hydrogen-bond acceptors (Lipinski definition) is 7. The number of ether oxygens (including phenoxy) is 1. The van der Waals surface area contributed by atoms with Gasteiger partial charge in [-0.3, -0.25) is 4.98 Å². The fourth-order valence-electron chi connectivity index (χ4n) is 3.67. The SMILES string of the molecule is CO/C(=C1/C=C(c2ccnc(N)n2)C=CC1=N)c1cc(N2CCCCC2)ccn1. The first-order valence-corrected chi connectivity index (χ1v) is 9.73. The molecule has 0 bridgehead atoms. The first-order valence-electron chi connectivity index (χ1n) is 9.73. The maximum absolute atomic E-state index is 8.41. The van der Waals surface area contributed by atoms with Gasteiger partial charge in [0, 0.05) is 42.3 Å². The molecule has 1 saturated heterocycles. The van der Waals surface area contributed by atoms with Crippen molar-refractivity contribution in [1.82, 2.24) is 15.0 Å². The van der Waals surface area contributed by atoms with Crippen molar-refractivity contribution in [1.29, 1.82) is 5.41 Å². The molecule has 3 heterocycles. The highest BCUT2D eigenvalue weighted by Crippen LogP contribution is 2.29. The third-order valence-corrected chi connectivity index (χ3v) is 5.14. The Morgan fingerprint density at radius 1 is 1.10 bits per heavy atom. The molecule has 2 aromatic heterocycles. The normalized spacial score (nSPS) is 18.4. The molecular weight excluding hydrogens is 364 g/mol. The molecule has 0 radical (unpaired) electrons. The highest BCUT2D eigenvalue weighted by atomic mass is 16.5. The molecule has 0 unspecified atom stereocenters. The summed E-state index contributed by atoms with van der Waals surface area (Å²) < 4.78 is 5.72. The second kappa shape index (κ2) is 8.26. The monoisotopic (exact) mass is 388 g/mol. The van der Waals surface area contributed by atoms with Gasteiger partial charge in [-0.2, -0.15) is 0 Å². The summed E-state index contributed by atoms with van der Waals surface area (Å²) >= 11 is 0. The van der Waals surface area contributed by atoms with Gasteiger partial charge >= 0.3 is 0 Å². The summed E-state index contributed by atoms with van der Waals surface area (Å²) in [6, 6.07) is 5.86. The van der Waals surface area contributed by atoms with Crippen molar-refractivity contribution in [3.63, 3.8) is 0 Å². The third kappa shape index (κ3) is 4.03. The Bertz CT molecular complexity index is 1020. The molecule has 0 saturated carbocycles. The minimum atomic E-state index is 0.214. The van der Waals surface area contributed by atoms with Crippen molar-refractivity contribution in [3.05, 3.63) is 65.8 Å². The van der Waals surface area contributed by atoms with E-state index in [1.165, 1.54) is 19.3 Å². The van der Waals surface area contributed by atoms with Crippen molar-refractivity contribution in [3.8, 4) is 0 Å². The molecule has 0 spiro atoms. The first-order chi connectivity index (χ1) is 14.2. The van der Waals surface area contributed by atoms with Gasteiger partial charge in [-0.05, 0) is 49.6 Å². The first kappa shape index (κ1) is 18.9. The van der Waals surface area contributed by atoms with Crippen LogP contribution in [0.3, 0.4) is 0 Å². The van der Waals surface area contributed by atoms with Crippen LogP contribution >= 0.6 is 0 Å². The van der Waals surface area contributed by atoms with Crippen LogP contribution in [0.2, 0.25) is 0 Å². The number of anilines is 2. The van der Waals surface area contributed by atoms with Gasteiger partial charge in [-0.25, -0.2) is 9.97 Å². The van der Waals surface area contributed by atoms with Crippen LogP contribution in [0, 0.1) is 5.41 Å². The van der Waals surface area contributed by atoms with Gasteiger partial charge in [0.15, 0.2) is 5.76 Å². The van der Waals surface area contributed by atoms with Crippen LogP contribution in [0.1, 0.15) is 30.7 Å². The van der Waals surface area contributed by atoms with Gasteiger partial charge in [0.2, 0.25) is 5.95 Å². The second-order valence-electron chi connectivity index (χ2n) is 7.04. The molecule has 1 aliphatic carbocycles. The Hall–Kier alpha value is -3.48. The van der Waals surface area contributed by atoms with E-state index in [1.54, 1.807) is 31.6 Å². The zero-order valence-electron chi connectivity index (χ0n) is 16.4. The summed E-state index contributed by atoms with van der Waals surface area (Å²) in [7, 11) is 1.61. The van der Waals surface area contributed by atoms with Gasteiger partial charge in [0.25, 0.3) is 0 Å². The molecule has 4 rings (SSSR count). The molecule has 0 aromatic carbocycles. The number of piperidine rings is 1. The Kier molecular flexibility index (Phi) is 5.37. The van der Waals surface area contributed by atoms with E-state index >= 15 is 0 Å². The standard InChI is InChI=1S/C22H24N6O/c1-29-21(20-14-16(7-9-25-20)28-11-3-2-4-12-28)17-13-15(5-6-18(17)23)19-8-10-26-22(24)27-19/h5-10,13-14,23H,2-4,11-12H2,1H3,(H2,24,26,27)/b21-17-,23-18?. The molecule has 0 amide bonds. The van der Waals surface area contributed by atoms with Crippen molar-refractivity contribution >= 4 is 28.7 Å². The molecule has 29 heavy (non-hydrogen) atoms. The number of nitrogens with one attached hydrogen (secondary N) is 1. The highest BCUT2D eigenvalue weighted by molar-refractivity contribution is 6.16. The van der Waals surface area contributed by atoms with Crippen LogP contribution in [-0.4, -0.2) is 40.9 Å². The van der Waals surface area contributed by atoms with Crippen molar-refractivity contribution in [2.24, 2.45) is 0 Å². The molecule has 0 atom stereocenters. The average molecular weight is 388 g/mol. The minimum Gasteiger partial charge on any atom is -0.494 e. The Labute approximate surface area is 170 Å². The van der Waals surface area contributed by atoms with E-state index in [-0.39, 0.29) is 5.95 Å². The lowest BCUT2D eigenvalue weighted by Crippen LogP contribution is -2.29. The van der Waals surface area contributed by atoms with E-state index < -0.39 is 0 Å². The molecular formula is C22H24N6O. The van der Waals surface area contributed by atoms with Crippen LogP contribution in [0.4, 0.5) is 11.6 Å². The van der Waals surface area contributed by atoms with Crippen molar-refractivity contribution in [2.75, 3.05) is 30.8 Å². The molecule has 148 valence electrons. The van der Waals surface area contributed by atoms with E-state index in [0.717, 1.165) is 24.4 Å². The van der Waals surface area contributed by atoms with E-state index in [9.17, 15) is 0 Å². The molecule has 7 nitrogen and oxygen atoms in total. The number of allylic oxidation sites excluding steroid dienone is 5. The van der Waals surface area contributed by atoms with Gasteiger partial charge < -0.3 is 20.8 Å². The van der Waals surface area contributed by atoms with E-state index in [1.807, 2.05) is 24.3 Å². The Balaban J connectivity index is 1.75. The summed E-state index contributed by atoms with van der Waals surface area (Å²) in [6.45, 7) is 2.11. The molecule has 1 fully saturated rings. The van der Waals surface area contributed by atoms with Crippen molar-refractivity contribution < 1.29 is 4.74 Å². The number of hydrogen-bond donors (Lipinski definition) is 2. The van der Waals surface area contributed by atoms with E-state index in [4.69, 9.17) is 15.9 Å². The van der Waals surface area contributed by atoms with E-state index in [0.29, 0.717) is 28.4 Å². The smallest absolute Gasteiger partial charge is 0.220 e. The maximum atomic E-state index is 8.41. The summed E-state index contributed by atoms with van der Waals surface area (Å²) in [5.41, 5.74) is 10.1. The lowest BCUT2D eigenvalue weighted by atomic mass is 9.96. The fraction of sp³-hybridized carbons (Fsp3) is 0.273. The molecule has 2 aromatic rings. The van der Waals surface area contributed by atoms with Crippen LogP contribution in [0.15, 0.2) is 54.4 Å². The van der Waals surface area contributed by atoms with Crippen LogP contribution in [0.25, 0.3) is 11.3 Å². The zero-order valence-corrected chi connectivity index (χ0v) is 16.4. The molecule has 2 aliphatic rings. The largest absolute Gasteiger partial charge is 0.494 e. The summed E-state index contributed by atoms with van der Waals surface area (Å²) in [4.78, 5) is 15.1. The van der Waals surface area contributed by atoms with Crippen molar-refractivity contribution in [2.45, 2.75) is 19.3 Å². The number of nitrogens with two attached hydrogens (primary N) is 1. The Morgan fingerprint density at radius 2 is 1.90 bits per heavy atom. The number of pyridine rings is 1. The predicted octanol–water partition coefficient (Wildman–Crippen LogP) is 3.47. The highest BCUT2D eigenvalue weighted by Gasteiger charge is 2.19. The second-order valence-corrected chi connectivity index (χ2v) is 7.04. The molecule has 1 aliphatic heterocycles. The van der Waals surface area contributed by atoms with Gasteiger partial charge in [0.1, 0.15) is 5.69 Å². The maximum Gasteiger partial charge on any atom is 0.220 e. The number of nitrogen functional groups attached to an aromatic ring is 1. The summed E-state index contributed by atoms with van der Waals surface area (Å²) in [6.07, 6.45) is 12.6. The molecule has 7 heteroatoms. The number of rotatable bonds is 4. The quantitative estimate of drug-likeness (QED) is 0.778. The summed E-state index contributed by atoms with van der Waals surface area (Å²) in [5.74, 6) is 0.781. The zero-order chi connectivity index (χ0) is 20.2. The minimum absolute atomic E-state index is 0.214. The van der Waals surface area contributed by atoms with Crippen LogP contribution in [-0.2, 0) is 4.74 Å². The third-order valence-electron chi connectivity index (χ3n) is 5.14. The Morgan fingerprint density at radius 3 is 2.66 bits per heavy atom. The van der Waals surface area contributed by atoms with E-state index in [2.05, 4.69) is 19.9 Å². The number of nitrogens with zero attached hydrogens (tertiary/aromatic N) is 4. The summed E-state index contributed by atoms with van der Waals surface area (Å²) in [5, 5.41) is 8.41. The van der Waals surface area contributed by atoms with Crippen LogP contribution < -0.4 is 10.6 Å². The van der Waals surface area contributed by atoms with Gasteiger partial charge in [-0.15, -0.1) is 0 Å². The fourth-order valence-corrected chi connectivity index (χ4v) is 3.67. The lowest BCUT2D eigenvalue weighted by molar-refractivity contribution is 0.367. The predicted molar refractivity (Wildman–Crippen MR) is 116 cm³/mol.